The fourth-order valence-corrected chi connectivity index (χ4v) is 2.32. The van der Waals surface area contributed by atoms with E-state index in [-0.39, 0.29) is 5.82 Å². The third-order valence-corrected chi connectivity index (χ3v) is 3.38. The van der Waals surface area contributed by atoms with Crippen LogP contribution < -0.4 is 10.6 Å². The summed E-state index contributed by atoms with van der Waals surface area (Å²) in [5.74, 6) is -0.241. The van der Waals surface area contributed by atoms with Gasteiger partial charge in [-0.1, -0.05) is 0 Å². The van der Waals surface area contributed by atoms with E-state index in [4.69, 9.17) is 12.2 Å². The first-order valence-corrected chi connectivity index (χ1v) is 6.56. The Morgan fingerprint density at radius 3 is 2.50 bits per heavy atom. The summed E-state index contributed by atoms with van der Waals surface area (Å²) in [6, 6.07) is 6.62. The molecule has 0 aliphatic carbocycles. The number of nitrogens with zero attached hydrogens (tertiary/aromatic N) is 1. The van der Waals surface area contributed by atoms with Crippen LogP contribution in [0.1, 0.15) is 12.8 Å². The smallest absolute Gasteiger partial charge is 0.170 e. The van der Waals surface area contributed by atoms with E-state index in [0.29, 0.717) is 11.2 Å². The molecule has 0 radical (unpaired) electrons. The molecule has 5 heteroatoms. The lowest BCUT2D eigenvalue weighted by molar-refractivity contribution is 0.247. The lowest BCUT2D eigenvalue weighted by Gasteiger charge is -2.30. The molecule has 0 unspecified atom stereocenters. The van der Waals surface area contributed by atoms with Crippen LogP contribution in [0.15, 0.2) is 24.3 Å². The zero-order chi connectivity index (χ0) is 13.0. The number of piperidine rings is 1. The minimum Gasteiger partial charge on any atom is -0.360 e. The third kappa shape index (κ3) is 3.92. The molecule has 98 valence electrons. The van der Waals surface area contributed by atoms with Crippen molar-refractivity contribution in [2.75, 3.05) is 25.5 Å². The van der Waals surface area contributed by atoms with Crippen molar-refractivity contribution in [2.24, 2.45) is 0 Å². The number of halogens is 1. The molecule has 3 nitrogen and oxygen atoms in total. The standard InChI is InChI=1S/C13H18FN3S/c1-17-8-6-12(7-9-17)16-13(18)15-11-4-2-10(14)3-5-11/h2-5,12H,6-9H2,1H3,(H2,15,16,18). The minimum absolute atomic E-state index is 0.241. The highest BCUT2D eigenvalue weighted by Gasteiger charge is 2.16. The highest BCUT2D eigenvalue weighted by atomic mass is 32.1. The fourth-order valence-electron chi connectivity index (χ4n) is 2.04. The van der Waals surface area contributed by atoms with Crippen LogP contribution in [0, 0.1) is 5.82 Å². The Morgan fingerprint density at radius 1 is 1.28 bits per heavy atom. The zero-order valence-electron chi connectivity index (χ0n) is 10.4. The molecular formula is C13H18FN3S. The summed E-state index contributed by atoms with van der Waals surface area (Å²) in [6.45, 7) is 2.19. The molecule has 2 rings (SSSR count). The van der Waals surface area contributed by atoms with E-state index in [0.717, 1.165) is 31.6 Å². The van der Waals surface area contributed by atoms with Gasteiger partial charge in [-0.25, -0.2) is 4.39 Å². The van der Waals surface area contributed by atoms with Crippen LogP contribution in [0.2, 0.25) is 0 Å². The normalized spacial score (nSPS) is 17.4. The van der Waals surface area contributed by atoms with Gasteiger partial charge in [0.25, 0.3) is 0 Å². The van der Waals surface area contributed by atoms with Crippen LogP contribution in [0.4, 0.5) is 10.1 Å². The van der Waals surface area contributed by atoms with Crippen molar-refractivity contribution in [2.45, 2.75) is 18.9 Å². The molecular weight excluding hydrogens is 249 g/mol. The molecule has 0 bridgehead atoms. The molecule has 0 amide bonds. The Labute approximate surface area is 112 Å². The summed E-state index contributed by atoms with van der Waals surface area (Å²) in [5.41, 5.74) is 0.807. The van der Waals surface area contributed by atoms with Gasteiger partial charge in [0.2, 0.25) is 0 Å². The SMILES string of the molecule is CN1CCC(NC(=S)Nc2ccc(F)cc2)CC1. The van der Waals surface area contributed by atoms with Crippen molar-refractivity contribution >= 4 is 23.0 Å². The lowest BCUT2D eigenvalue weighted by Crippen LogP contribution is -2.44. The van der Waals surface area contributed by atoms with E-state index >= 15 is 0 Å². The lowest BCUT2D eigenvalue weighted by atomic mass is 10.1. The molecule has 1 aliphatic heterocycles. The number of nitrogens with one attached hydrogen (secondary N) is 2. The van der Waals surface area contributed by atoms with Gasteiger partial charge in [0.05, 0.1) is 0 Å². The van der Waals surface area contributed by atoms with Crippen molar-refractivity contribution in [3.63, 3.8) is 0 Å². The second-order valence-electron chi connectivity index (χ2n) is 4.68. The van der Waals surface area contributed by atoms with Gasteiger partial charge in [-0.2, -0.15) is 0 Å². The monoisotopic (exact) mass is 267 g/mol. The van der Waals surface area contributed by atoms with Crippen LogP contribution in [0.5, 0.6) is 0 Å². The van der Waals surface area contributed by atoms with Gasteiger partial charge >= 0.3 is 0 Å². The summed E-state index contributed by atoms with van der Waals surface area (Å²) in [6.07, 6.45) is 2.20. The summed E-state index contributed by atoms with van der Waals surface area (Å²) in [7, 11) is 2.13. The van der Waals surface area contributed by atoms with E-state index < -0.39 is 0 Å². The first-order valence-electron chi connectivity index (χ1n) is 6.15. The van der Waals surface area contributed by atoms with Crippen molar-refractivity contribution in [1.29, 1.82) is 0 Å². The Kier molecular flexibility index (Phi) is 4.49. The second kappa shape index (κ2) is 6.11. The first-order chi connectivity index (χ1) is 8.63. The Bertz CT molecular complexity index is 399. The van der Waals surface area contributed by atoms with E-state index in [9.17, 15) is 4.39 Å². The average Bonchev–Trinajstić information content (AvgIpc) is 2.35. The number of anilines is 1. The van der Waals surface area contributed by atoms with Gasteiger partial charge in [0.1, 0.15) is 5.82 Å². The largest absolute Gasteiger partial charge is 0.360 e. The molecule has 0 spiro atoms. The maximum Gasteiger partial charge on any atom is 0.170 e. The number of likely N-dealkylation sites (tertiary alicyclic amines) is 1. The van der Waals surface area contributed by atoms with Crippen LogP contribution in [0.25, 0.3) is 0 Å². The molecule has 2 N–H and O–H groups in total. The van der Waals surface area contributed by atoms with Gasteiger partial charge in [-0.15, -0.1) is 0 Å². The predicted octanol–water partition coefficient (Wildman–Crippen LogP) is 2.21. The molecule has 1 fully saturated rings. The van der Waals surface area contributed by atoms with Gasteiger partial charge in [-0.3, -0.25) is 0 Å². The van der Waals surface area contributed by atoms with Crippen molar-refractivity contribution < 1.29 is 4.39 Å². The third-order valence-electron chi connectivity index (χ3n) is 3.16. The minimum atomic E-state index is -0.241. The van der Waals surface area contributed by atoms with Gasteiger partial charge in [0, 0.05) is 11.7 Å². The average molecular weight is 267 g/mol. The number of benzene rings is 1. The predicted molar refractivity (Wildman–Crippen MR) is 76.3 cm³/mol. The molecule has 0 atom stereocenters. The Morgan fingerprint density at radius 2 is 1.89 bits per heavy atom. The second-order valence-corrected chi connectivity index (χ2v) is 5.09. The Hall–Kier alpha value is -1.20. The molecule has 18 heavy (non-hydrogen) atoms. The number of thiocarbonyl (C=S) groups is 1. The summed E-state index contributed by atoms with van der Waals surface area (Å²) < 4.78 is 12.8. The molecule has 1 saturated heterocycles. The maximum absolute atomic E-state index is 12.8. The molecule has 1 aromatic carbocycles. The molecule has 0 aromatic heterocycles. The number of hydrogen-bond donors (Lipinski definition) is 2. The van der Waals surface area contributed by atoms with Crippen LogP contribution >= 0.6 is 12.2 Å². The molecule has 0 saturated carbocycles. The summed E-state index contributed by atoms with van der Waals surface area (Å²) in [5, 5.41) is 6.98. The first kappa shape index (κ1) is 13.2. The van der Waals surface area contributed by atoms with E-state index in [2.05, 4.69) is 22.6 Å². The summed E-state index contributed by atoms with van der Waals surface area (Å²) >= 11 is 5.25. The molecule has 1 aromatic rings. The van der Waals surface area contributed by atoms with E-state index in [1.807, 2.05) is 0 Å². The topological polar surface area (TPSA) is 27.3 Å². The van der Waals surface area contributed by atoms with Gasteiger partial charge in [-0.05, 0) is 69.5 Å². The fraction of sp³-hybridized carbons (Fsp3) is 0.462. The van der Waals surface area contributed by atoms with Gasteiger partial charge < -0.3 is 15.5 Å². The van der Waals surface area contributed by atoms with Crippen molar-refractivity contribution in [3.8, 4) is 0 Å². The highest BCUT2D eigenvalue weighted by Crippen LogP contribution is 2.10. The van der Waals surface area contributed by atoms with Crippen molar-refractivity contribution in [3.05, 3.63) is 30.1 Å². The maximum atomic E-state index is 12.8. The van der Waals surface area contributed by atoms with Crippen LogP contribution in [-0.4, -0.2) is 36.2 Å². The van der Waals surface area contributed by atoms with E-state index in [1.165, 1.54) is 12.1 Å². The van der Waals surface area contributed by atoms with Crippen molar-refractivity contribution in [1.82, 2.24) is 10.2 Å². The number of rotatable bonds is 2. The zero-order valence-corrected chi connectivity index (χ0v) is 11.3. The molecule has 1 heterocycles. The van der Waals surface area contributed by atoms with Crippen LogP contribution in [0.3, 0.4) is 0 Å². The van der Waals surface area contributed by atoms with Gasteiger partial charge in [0.15, 0.2) is 5.11 Å². The number of hydrogen-bond acceptors (Lipinski definition) is 2. The Balaban J connectivity index is 1.80. The molecule has 1 aliphatic rings. The van der Waals surface area contributed by atoms with E-state index in [1.54, 1.807) is 12.1 Å². The quantitative estimate of drug-likeness (QED) is 0.803. The summed E-state index contributed by atoms with van der Waals surface area (Å²) in [4.78, 5) is 2.31. The van der Waals surface area contributed by atoms with Crippen LogP contribution in [-0.2, 0) is 0 Å². The highest BCUT2D eigenvalue weighted by molar-refractivity contribution is 7.80.